The lowest BCUT2D eigenvalue weighted by molar-refractivity contribution is 0.0697. The zero-order valence-electron chi connectivity index (χ0n) is 12.1. The van der Waals surface area contributed by atoms with Gasteiger partial charge in [0.2, 0.25) is 0 Å². The van der Waals surface area contributed by atoms with Crippen molar-refractivity contribution in [2.45, 2.75) is 20.8 Å². The van der Waals surface area contributed by atoms with Gasteiger partial charge in [0.05, 0.1) is 11.1 Å². The SMILES string of the molecule is Cc1ccc2[nH]c(-c3c(C)ccc(C)c3C(=O)O)nc2n1. The fourth-order valence-corrected chi connectivity index (χ4v) is 2.50. The van der Waals surface area contributed by atoms with Crippen LogP contribution in [0.1, 0.15) is 27.2 Å². The van der Waals surface area contributed by atoms with E-state index in [0.29, 0.717) is 22.6 Å². The van der Waals surface area contributed by atoms with E-state index in [-0.39, 0.29) is 5.56 Å². The molecule has 2 heterocycles. The molecule has 2 aromatic heterocycles. The first kappa shape index (κ1) is 13.3. The minimum atomic E-state index is -0.948. The Balaban J connectivity index is 2.32. The molecular weight excluding hydrogens is 266 g/mol. The number of aromatic nitrogens is 3. The summed E-state index contributed by atoms with van der Waals surface area (Å²) in [5, 5.41) is 9.49. The summed E-state index contributed by atoms with van der Waals surface area (Å²) in [7, 11) is 0. The van der Waals surface area contributed by atoms with Crippen LogP contribution in [0.15, 0.2) is 24.3 Å². The van der Waals surface area contributed by atoms with E-state index in [1.54, 1.807) is 6.92 Å². The fraction of sp³-hybridized carbons (Fsp3) is 0.188. The van der Waals surface area contributed by atoms with E-state index in [0.717, 1.165) is 16.8 Å². The molecule has 3 aromatic rings. The summed E-state index contributed by atoms with van der Waals surface area (Å²) in [5.74, 6) is -0.405. The van der Waals surface area contributed by atoms with Crippen molar-refractivity contribution in [2.24, 2.45) is 0 Å². The van der Waals surface area contributed by atoms with Crippen LogP contribution in [0.4, 0.5) is 0 Å². The van der Waals surface area contributed by atoms with Gasteiger partial charge in [-0.1, -0.05) is 12.1 Å². The number of nitrogens with one attached hydrogen (secondary N) is 1. The molecule has 0 aliphatic heterocycles. The van der Waals surface area contributed by atoms with Crippen LogP contribution < -0.4 is 0 Å². The van der Waals surface area contributed by atoms with Crippen molar-refractivity contribution in [3.05, 3.63) is 46.6 Å². The van der Waals surface area contributed by atoms with Gasteiger partial charge in [0.25, 0.3) is 0 Å². The van der Waals surface area contributed by atoms with Gasteiger partial charge in [-0.3, -0.25) is 0 Å². The maximum Gasteiger partial charge on any atom is 0.336 e. The van der Waals surface area contributed by atoms with Gasteiger partial charge in [0.1, 0.15) is 5.82 Å². The Hall–Kier alpha value is -2.69. The number of carboxylic acids is 1. The van der Waals surface area contributed by atoms with Gasteiger partial charge in [-0.2, -0.15) is 0 Å². The minimum absolute atomic E-state index is 0.283. The molecule has 3 rings (SSSR count). The number of carboxylic acid groups (broad SMARTS) is 1. The molecule has 106 valence electrons. The number of carbonyl (C=O) groups is 1. The third-order valence-electron chi connectivity index (χ3n) is 3.56. The van der Waals surface area contributed by atoms with Gasteiger partial charge in [-0.05, 0) is 44.0 Å². The highest BCUT2D eigenvalue weighted by atomic mass is 16.4. The first-order valence-corrected chi connectivity index (χ1v) is 6.64. The lowest BCUT2D eigenvalue weighted by atomic mass is 9.97. The van der Waals surface area contributed by atoms with Crippen LogP contribution in [0.25, 0.3) is 22.6 Å². The second kappa shape index (κ2) is 4.70. The summed E-state index contributed by atoms with van der Waals surface area (Å²) in [6.07, 6.45) is 0. The lowest BCUT2D eigenvalue weighted by Gasteiger charge is -2.10. The predicted octanol–water partition coefficient (Wildman–Crippen LogP) is 3.25. The van der Waals surface area contributed by atoms with E-state index in [1.807, 2.05) is 38.1 Å². The molecule has 0 fully saturated rings. The highest BCUT2D eigenvalue weighted by Gasteiger charge is 2.19. The minimum Gasteiger partial charge on any atom is -0.478 e. The Morgan fingerprint density at radius 3 is 2.48 bits per heavy atom. The normalized spacial score (nSPS) is 11.0. The van der Waals surface area contributed by atoms with E-state index in [1.165, 1.54) is 0 Å². The molecule has 0 spiro atoms. The molecule has 2 N–H and O–H groups in total. The molecular formula is C16H15N3O2. The van der Waals surface area contributed by atoms with Crippen molar-refractivity contribution in [1.29, 1.82) is 0 Å². The fourth-order valence-electron chi connectivity index (χ4n) is 2.50. The molecule has 0 unspecified atom stereocenters. The van der Waals surface area contributed by atoms with Crippen LogP contribution in [-0.4, -0.2) is 26.0 Å². The number of aromatic amines is 1. The Labute approximate surface area is 121 Å². The first-order valence-electron chi connectivity index (χ1n) is 6.64. The largest absolute Gasteiger partial charge is 0.478 e. The van der Waals surface area contributed by atoms with Crippen LogP contribution in [0.2, 0.25) is 0 Å². The zero-order valence-corrected chi connectivity index (χ0v) is 12.1. The van der Waals surface area contributed by atoms with E-state index in [2.05, 4.69) is 15.0 Å². The van der Waals surface area contributed by atoms with Crippen LogP contribution >= 0.6 is 0 Å². The zero-order chi connectivity index (χ0) is 15.1. The molecule has 1 aromatic carbocycles. The van der Waals surface area contributed by atoms with Crippen LogP contribution in [0, 0.1) is 20.8 Å². The monoisotopic (exact) mass is 281 g/mol. The van der Waals surface area contributed by atoms with Gasteiger partial charge in [-0.15, -0.1) is 0 Å². The van der Waals surface area contributed by atoms with E-state index in [9.17, 15) is 9.90 Å². The number of benzene rings is 1. The van der Waals surface area contributed by atoms with Crippen LogP contribution in [-0.2, 0) is 0 Å². The van der Waals surface area contributed by atoms with Gasteiger partial charge < -0.3 is 10.1 Å². The summed E-state index contributed by atoms with van der Waals surface area (Å²) in [6, 6.07) is 7.52. The Bertz CT molecular complexity index is 865. The molecule has 0 amide bonds. The van der Waals surface area contributed by atoms with Crippen LogP contribution in [0.5, 0.6) is 0 Å². The Kier molecular flexibility index (Phi) is 2.97. The molecule has 0 atom stereocenters. The second-order valence-corrected chi connectivity index (χ2v) is 5.16. The average Bonchev–Trinajstić information content (AvgIpc) is 2.83. The maximum atomic E-state index is 11.6. The predicted molar refractivity (Wildman–Crippen MR) is 80.5 cm³/mol. The van der Waals surface area contributed by atoms with E-state index in [4.69, 9.17) is 0 Å². The number of hydrogen-bond donors (Lipinski definition) is 2. The first-order chi connectivity index (χ1) is 9.97. The molecule has 0 aliphatic rings. The second-order valence-electron chi connectivity index (χ2n) is 5.16. The maximum absolute atomic E-state index is 11.6. The number of imidazole rings is 1. The summed E-state index contributed by atoms with van der Waals surface area (Å²) in [6.45, 7) is 5.57. The van der Waals surface area contributed by atoms with Crippen LogP contribution in [0.3, 0.4) is 0 Å². The van der Waals surface area contributed by atoms with Crippen molar-refractivity contribution in [3.63, 3.8) is 0 Å². The smallest absolute Gasteiger partial charge is 0.336 e. The number of fused-ring (bicyclic) bond motifs is 1. The molecule has 5 nitrogen and oxygen atoms in total. The number of aryl methyl sites for hydroxylation is 3. The molecule has 21 heavy (non-hydrogen) atoms. The topological polar surface area (TPSA) is 78.9 Å². The third-order valence-corrected chi connectivity index (χ3v) is 3.56. The quantitative estimate of drug-likeness (QED) is 0.755. The van der Waals surface area contributed by atoms with Crippen molar-refractivity contribution < 1.29 is 9.90 Å². The molecule has 0 aliphatic carbocycles. The summed E-state index contributed by atoms with van der Waals surface area (Å²) < 4.78 is 0. The standard InChI is InChI=1S/C16H15N3O2/c1-8-4-5-9(2)13(16(20)21)12(8)15-18-11-7-6-10(3)17-14(11)19-15/h4-7H,1-3H3,(H,20,21)(H,17,18,19). The summed E-state index contributed by atoms with van der Waals surface area (Å²) in [5.41, 5.74) is 4.76. The average molecular weight is 281 g/mol. The highest BCUT2D eigenvalue weighted by Crippen LogP contribution is 2.29. The molecule has 0 saturated heterocycles. The number of pyridine rings is 1. The van der Waals surface area contributed by atoms with Gasteiger partial charge >= 0.3 is 5.97 Å². The summed E-state index contributed by atoms with van der Waals surface area (Å²) >= 11 is 0. The van der Waals surface area contributed by atoms with Gasteiger partial charge in [-0.25, -0.2) is 14.8 Å². The van der Waals surface area contributed by atoms with Gasteiger partial charge in [0.15, 0.2) is 5.65 Å². The Morgan fingerprint density at radius 1 is 1.05 bits per heavy atom. The third kappa shape index (κ3) is 2.16. The highest BCUT2D eigenvalue weighted by molar-refractivity contribution is 5.98. The number of rotatable bonds is 2. The molecule has 0 bridgehead atoms. The van der Waals surface area contributed by atoms with Crippen molar-refractivity contribution in [1.82, 2.24) is 15.0 Å². The number of H-pyrrole nitrogens is 1. The lowest BCUT2D eigenvalue weighted by Crippen LogP contribution is -2.05. The van der Waals surface area contributed by atoms with Crippen molar-refractivity contribution in [3.8, 4) is 11.4 Å². The summed E-state index contributed by atoms with van der Waals surface area (Å²) in [4.78, 5) is 23.6. The molecule has 0 saturated carbocycles. The van der Waals surface area contributed by atoms with Gasteiger partial charge in [0, 0.05) is 11.3 Å². The molecule has 5 heteroatoms. The number of aromatic carboxylic acids is 1. The van der Waals surface area contributed by atoms with E-state index >= 15 is 0 Å². The number of hydrogen-bond acceptors (Lipinski definition) is 3. The van der Waals surface area contributed by atoms with Crippen molar-refractivity contribution >= 4 is 17.1 Å². The van der Waals surface area contributed by atoms with Crippen molar-refractivity contribution in [2.75, 3.05) is 0 Å². The number of nitrogens with zero attached hydrogens (tertiary/aromatic N) is 2. The van der Waals surface area contributed by atoms with E-state index < -0.39 is 5.97 Å². The molecule has 0 radical (unpaired) electrons. The Morgan fingerprint density at radius 2 is 1.76 bits per heavy atom.